The lowest BCUT2D eigenvalue weighted by atomic mass is 10.3. The minimum Gasteiger partial charge on any atom is -0.481 e. The number of thiocarbonyl (C=S) groups is 1. The molecule has 0 radical (unpaired) electrons. The number of benzene rings is 1. The maximum absolute atomic E-state index is 12.0. The number of carbonyl (C=O) groups is 1. The Kier molecular flexibility index (Phi) is 6.89. The first-order chi connectivity index (χ1) is 11.6. The van der Waals surface area contributed by atoms with Crippen molar-refractivity contribution in [3.63, 3.8) is 0 Å². The van der Waals surface area contributed by atoms with E-state index in [1.54, 1.807) is 32.2 Å². The Balaban J connectivity index is 1.71. The Morgan fingerprint density at radius 3 is 2.92 bits per heavy atom. The van der Waals surface area contributed by atoms with Crippen LogP contribution in [-0.4, -0.2) is 44.2 Å². The second-order valence-corrected chi connectivity index (χ2v) is 5.40. The molecule has 1 aromatic carbocycles. The molecule has 0 saturated heterocycles. The molecule has 8 nitrogen and oxygen atoms in total. The van der Waals surface area contributed by atoms with E-state index in [1.807, 2.05) is 0 Å². The molecule has 0 bridgehead atoms. The van der Waals surface area contributed by atoms with Crippen molar-refractivity contribution in [3.8, 4) is 17.2 Å². The molecular formula is C15H21N3O5S. The predicted molar refractivity (Wildman–Crippen MR) is 91.0 cm³/mol. The molecule has 0 fully saturated rings. The third kappa shape index (κ3) is 5.43. The quantitative estimate of drug-likeness (QED) is 0.374. The van der Waals surface area contributed by atoms with Crippen LogP contribution >= 0.6 is 12.2 Å². The standard InChI is InChI=1S/C15H21N3O5S/c1-10(14(19)17-18-15(24)16-6-3-7-20-2)23-11-4-5-12-13(8-11)22-9-21-12/h4-5,8,10H,3,6-7,9H2,1-2H3,(H,17,19)(H2,16,18,24)/t10-/m1/s1. The van der Waals surface area contributed by atoms with Crippen molar-refractivity contribution in [3.05, 3.63) is 18.2 Å². The topological polar surface area (TPSA) is 90.1 Å². The van der Waals surface area contributed by atoms with Crippen molar-refractivity contribution in [2.45, 2.75) is 19.4 Å². The van der Waals surface area contributed by atoms with Crippen LogP contribution in [0.3, 0.4) is 0 Å². The number of methoxy groups -OCH3 is 1. The summed E-state index contributed by atoms with van der Waals surface area (Å²) in [6.07, 6.45) is 0.102. The van der Waals surface area contributed by atoms with Gasteiger partial charge < -0.3 is 24.3 Å². The van der Waals surface area contributed by atoms with Crippen LogP contribution in [0.2, 0.25) is 0 Å². The van der Waals surface area contributed by atoms with Gasteiger partial charge in [-0.3, -0.25) is 15.6 Å². The van der Waals surface area contributed by atoms with Gasteiger partial charge in [0.05, 0.1) is 0 Å². The monoisotopic (exact) mass is 355 g/mol. The first kappa shape index (κ1) is 18.1. The van der Waals surface area contributed by atoms with E-state index in [0.717, 1.165) is 6.42 Å². The molecule has 0 unspecified atom stereocenters. The summed E-state index contributed by atoms with van der Waals surface area (Å²) in [6.45, 7) is 3.12. The fourth-order valence-corrected chi connectivity index (χ4v) is 2.04. The van der Waals surface area contributed by atoms with Gasteiger partial charge in [0.1, 0.15) is 5.75 Å². The number of carbonyl (C=O) groups excluding carboxylic acids is 1. The van der Waals surface area contributed by atoms with Crippen molar-refractivity contribution in [1.82, 2.24) is 16.2 Å². The van der Waals surface area contributed by atoms with Crippen LogP contribution in [0, 0.1) is 0 Å². The van der Waals surface area contributed by atoms with Gasteiger partial charge in [0.2, 0.25) is 6.79 Å². The minimum atomic E-state index is -0.714. The summed E-state index contributed by atoms with van der Waals surface area (Å²) < 4.78 is 21.0. The number of amides is 1. The third-order valence-electron chi connectivity index (χ3n) is 3.14. The number of fused-ring (bicyclic) bond motifs is 1. The molecule has 1 aliphatic rings. The van der Waals surface area contributed by atoms with E-state index in [0.29, 0.717) is 35.5 Å². The molecule has 1 aromatic rings. The van der Waals surface area contributed by atoms with Crippen LogP contribution in [0.15, 0.2) is 18.2 Å². The molecule has 1 aliphatic heterocycles. The number of ether oxygens (including phenoxy) is 4. The molecule has 0 spiro atoms. The largest absolute Gasteiger partial charge is 0.481 e. The zero-order valence-corrected chi connectivity index (χ0v) is 14.4. The van der Waals surface area contributed by atoms with Gasteiger partial charge >= 0.3 is 0 Å². The van der Waals surface area contributed by atoms with Crippen LogP contribution in [0.5, 0.6) is 17.2 Å². The van der Waals surface area contributed by atoms with E-state index in [4.69, 9.17) is 31.2 Å². The third-order valence-corrected chi connectivity index (χ3v) is 3.38. The zero-order chi connectivity index (χ0) is 17.4. The number of hydrogen-bond donors (Lipinski definition) is 3. The van der Waals surface area contributed by atoms with E-state index in [1.165, 1.54) is 0 Å². The lowest BCUT2D eigenvalue weighted by molar-refractivity contribution is -0.127. The molecule has 1 atom stereocenters. The fourth-order valence-electron chi connectivity index (χ4n) is 1.89. The number of hydrazine groups is 1. The van der Waals surface area contributed by atoms with Crippen molar-refractivity contribution >= 4 is 23.2 Å². The smallest absolute Gasteiger partial charge is 0.279 e. The van der Waals surface area contributed by atoms with Crippen molar-refractivity contribution in [2.75, 3.05) is 27.1 Å². The fraction of sp³-hybridized carbons (Fsp3) is 0.467. The van der Waals surface area contributed by atoms with E-state index in [2.05, 4.69) is 16.2 Å². The van der Waals surface area contributed by atoms with E-state index in [-0.39, 0.29) is 12.7 Å². The average Bonchev–Trinajstić information content (AvgIpc) is 3.04. The van der Waals surface area contributed by atoms with Crippen LogP contribution in [0.1, 0.15) is 13.3 Å². The van der Waals surface area contributed by atoms with Gasteiger partial charge in [0, 0.05) is 26.3 Å². The molecule has 2 rings (SSSR count). The zero-order valence-electron chi connectivity index (χ0n) is 13.6. The van der Waals surface area contributed by atoms with Crippen molar-refractivity contribution in [1.29, 1.82) is 0 Å². The van der Waals surface area contributed by atoms with Crippen molar-refractivity contribution < 1.29 is 23.7 Å². The van der Waals surface area contributed by atoms with Crippen LogP contribution < -0.4 is 30.4 Å². The van der Waals surface area contributed by atoms with Gasteiger partial charge in [-0.05, 0) is 37.7 Å². The highest BCUT2D eigenvalue weighted by atomic mass is 32.1. The first-order valence-electron chi connectivity index (χ1n) is 7.49. The Hall–Kier alpha value is -2.26. The summed E-state index contributed by atoms with van der Waals surface area (Å²) in [4.78, 5) is 12.0. The molecule has 3 N–H and O–H groups in total. The Morgan fingerprint density at radius 1 is 1.33 bits per heavy atom. The summed E-state index contributed by atoms with van der Waals surface area (Å²) in [5, 5.41) is 3.27. The Morgan fingerprint density at radius 2 is 2.12 bits per heavy atom. The second-order valence-electron chi connectivity index (χ2n) is 4.99. The van der Waals surface area contributed by atoms with Crippen LogP contribution in [0.25, 0.3) is 0 Å². The predicted octanol–water partition coefficient (Wildman–Crippen LogP) is 0.714. The van der Waals surface area contributed by atoms with E-state index < -0.39 is 6.10 Å². The van der Waals surface area contributed by atoms with Crippen LogP contribution in [0.4, 0.5) is 0 Å². The first-order valence-corrected chi connectivity index (χ1v) is 7.90. The summed E-state index contributed by atoms with van der Waals surface area (Å²) >= 11 is 5.04. The molecular weight excluding hydrogens is 334 g/mol. The maximum Gasteiger partial charge on any atom is 0.279 e. The number of nitrogens with one attached hydrogen (secondary N) is 3. The van der Waals surface area contributed by atoms with Crippen LogP contribution in [-0.2, 0) is 9.53 Å². The molecule has 9 heteroatoms. The molecule has 1 heterocycles. The Bertz CT molecular complexity index is 584. The molecule has 0 saturated carbocycles. The summed E-state index contributed by atoms with van der Waals surface area (Å²) in [5.74, 6) is 1.42. The second kappa shape index (κ2) is 9.14. The molecule has 0 aromatic heterocycles. The van der Waals surface area contributed by atoms with Gasteiger partial charge in [-0.1, -0.05) is 0 Å². The molecule has 24 heavy (non-hydrogen) atoms. The maximum atomic E-state index is 12.0. The lowest BCUT2D eigenvalue weighted by Gasteiger charge is -2.16. The summed E-state index contributed by atoms with van der Waals surface area (Å²) in [6, 6.07) is 5.13. The van der Waals surface area contributed by atoms with Gasteiger partial charge in [-0.2, -0.15) is 0 Å². The Labute approximate surface area is 145 Å². The highest BCUT2D eigenvalue weighted by Crippen LogP contribution is 2.35. The summed E-state index contributed by atoms with van der Waals surface area (Å²) in [7, 11) is 1.64. The van der Waals surface area contributed by atoms with Crippen molar-refractivity contribution in [2.24, 2.45) is 0 Å². The lowest BCUT2D eigenvalue weighted by Crippen LogP contribution is -2.50. The highest BCUT2D eigenvalue weighted by molar-refractivity contribution is 7.80. The highest BCUT2D eigenvalue weighted by Gasteiger charge is 2.18. The van der Waals surface area contributed by atoms with E-state index >= 15 is 0 Å². The van der Waals surface area contributed by atoms with E-state index in [9.17, 15) is 4.79 Å². The molecule has 1 amide bonds. The SMILES string of the molecule is COCCCNC(=S)NNC(=O)[C@@H](C)Oc1ccc2c(c1)OCO2. The number of rotatable bonds is 7. The van der Waals surface area contributed by atoms with Gasteiger partial charge in [-0.25, -0.2) is 0 Å². The van der Waals surface area contributed by atoms with Gasteiger partial charge in [0.15, 0.2) is 22.7 Å². The summed E-state index contributed by atoms with van der Waals surface area (Å²) in [5.41, 5.74) is 5.11. The minimum absolute atomic E-state index is 0.188. The van der Waals surface area contributed by atoms with Gasteiger partial charge in [-0.15, -0.1) is 0 Å². The average molecular weight is 355 g/mol. The number of hydrogen-bond acceptors (Lipinski definition) is 6. The molecule has 0 aliphatic carbocycles. The molecule has 132 valence electrons. The van der Waals surface area contributed by atoms with Gasteiger partial charge in [0.25, 0.3) is 5.91 Å². The normalized spacial score (nSPS) is 13.1.